The minimum absolute atomic E-state index is 0.257. The Balaban J connectivity index is 1.75. The lowest BCUT2D eigenvalue weighted by Crippen LogP contribution is -2.35. The molecule has 0 unspecified atom stereocenters. The maximum Gasteiger partial charge on any atom is 0.407 e. The minimum atomic E-state index is -0.443. The molecule has 122 valence electrons. The number of benzene rings is 2. The number of anilines is 1. The van der Waals surface area contributed by atoms with Gasteiger partial charge in [-0.15, -0.1) is 0 Å². The molecule has 0 fully saturated rings. The number of hydrogen-bond acceptors (Lipinski definition) is 5. The normalized spacial score (nSPS) is 10.2. The Kier molecular flexibility index (Phi) is 6.40. The van der Waals surface area contributed by atoms with Crippen molar-refractivity contribution in [1.82, 2.24) is 5.32 Å². The molecule has 0 aromatic heterocycles. The zero-order chi connectivity index (χ0) is 16.5. The van der Waals surface area contributed by atoms with E-state index in [4.69, 9.17) is 16.3 Å². The quantitative estimate of drug-likeness (QED) is 0.535. The number of amides is 1. The number of hydrazine groups is 1. The zero-order valence-electron chi connectivity index (χ0n) is 12.9. The van der Waals surface area contributed by atoms with Gasteiger partial charge in [-0.2, -0.15) is 0 Å². The fraction of sp³-hybridized carbons (Fsp3) is 0.235. The van der Waals surface area contributed by atoms with Crippen molar-refractivity contribution >= 4 is 11.8 Å². The molecule has 2 aromatic rings. The predicted octanol–water partition coefficient (Wildman–Crippen LogP) is 1.75. The van der Waals surface area contributed by atoms with Crippen molar-refractivity contribution in [1.29, 1.82) is 0 Å². The van der Waals surface area contributed by atoms with Gasteiger partial charge in [-0.1, -0.05) is 42.5 Å². The summed E-state index contributed by atoms with van der Waals surface area (Å²) in [4.78, 5) is 11.7. The third-order valence-electron chi connectivity index (χ3n) is 3.29. The van der Waals surface area contributed by atoms with Crippen molar-refractivity contribution in [3.8, 4) is 0 Å². The Morgan fingerprint density at radius 2 is 1.74 bits per heavy atom. The number of nitrogens with one attached hydrogen (secondary N) is 1. The molecule has 0 saturated carbocycles. The van der Waals surface area contributed by atoms with Gasteiger partial charge in [0.1, 0.15) is 6.61 Å². The Bertz CT molecular complexity index is 602. The van der Waals surface area contributed by atoms with Crippen LogP contribution in [0.25, 0.3) is 0 Å². The van der Waals surface area contributed by atoms with E-state index in [-0.39, 0.29) is 6.61 Å². The van der Waals surface area contributed by atoms with Gasteiger partial charge in [-0.3, -0.25) is 0 Å². The van der Waals surface area contributed by atoms with Crippen LogP contribution in [0.15, 0.2) is 54.6 Å². The van der Waals surface area contributed by atoms with Crippen molar-refractivity contribution in [2.24, 2.45) is 11.6 Å². The van der Waals surface area contributed by atoms with Crippen LogP contribution in [0, 0.1) is 0 Å². The maximum absolute atomic E-state index is 11.7. The van der Waals surface area contributed by atoms with Crippen molar-refractivity contribution in [2.75, 3.05) is 18.1 Å². The van der Waals surface area contributed by atoms with Crippen LogP contribution in [0.4, 0.5) is 10.5 Å². The van der Waals surface area contributed by atoms with E-state index in [0.717, 1.165) is 16.8 Å². The second-order valence-electron chi connectivity index (χ2n) is 5.06. The molecule has 6 nitrogen and oxygen atoms in total. The molecular weight excluding hydrogens is 292 g/mol. The van der Waals surface area contributed by atoms with Gasteiger partial charge in [-0.05, 0) is 23.3 Å². The number of ether oxygens (including phenoxy) is 1. The molecule has 0 radical (unpaired) electrons. The van der Waals surface area contributed by atoms with Gasteiger partial charge in [-0.25, -0.2) is 10.6 Å². The number of carbonyl (C=O) groups is 1. The molecule has 1 amide bonds. The molecule has 0 bridgehead atoms. The summed E-state index contributed by atoms with van der Waals surface area (Å²) in [6.45, 7) is 1.73. The molecular formula is C17H22N4O2. The van der Waals surface area contributed by atoms with Crippen LogP contribution in [0.1, 0.15) is 11.1 Å². The van der Waals surface area contributed by atoms with Crippen molar-refractivity contribution in [3.63, 3.8) is 0 Å². The standard InChI is InChI=1S/C17H22N4O2/c18-10-11-21(19)16-8-6-14(7-9-16)12-20-17(22)23-13-15-4-2-1-3-5-15/h1-9H,10-13,18-19H2,(H,20,22). The van der Waals surface area contributed by atoms with E-state index in [9.17, 15) is 4.79 Å². The Hall–Kier alpha value is -2.57. The first-order chi connectivity index (χ1) is 11.2. The summed E-state index contributed by atoms with van der Waals surface area (Å²) in [7, 11) is 0. The number of rotatable bonds is 7. The fourth-order valence-electron chi connectivity index (χ4n) is 2.02. The second-order valence-corrected chi connectivity index (χ2v) is 5.06. The monoisotopic (exact) mass is 314 g/mol. The van der Waals surface area contributed by atoms with E-state index in [1.165, 1.54) is 0 Å². The molecule has 0 heterocycles. The summed E-state index contributed by atoms with van der Waals surface area (Å²) < 4.78 is 5.15. The maximum atomic E-state index is 11.7. The molecule has 0 aliphatic rings. The molecule has 2 rings (SSSR count). The van der Waals surface area contributed by atoms with Crippen LogP contribution in [0.5, 0.6) is 0 Å². The van der Waals surface area contributed by atoms with Crippen molar-refractivity contribution in [3.05, 3.63) is 65.7 Å². The number of carbonyl (C=O) groups excluding carboxylic acids is 1. The molecule has 0 aliphatic carbocycles. The molecule has 2 aromatic carbocycles. The third-order valence-corrected chi connectivity index (χ3v) is 3.29. The van der Waals surface area contributed by atoms with Gasteiger partial charge in [0, 0.05) is 19.6 Å². The SMILES string of the molecule is NCCN(N)c1ccc(CNC(=O)OCc2ccccc2)cc1. The minimum Gasteiger partial charge on any atom is -0.445 e. The van der Waals surface area contributed by atoms with Gasteiger partial charge in [0.2, 0.25) is 0 Å². The second kappa shape index (κ2) is 8.77. The summed E-state index contributed by atoms with van der Waals surface area (Å²) in [5, 5.41) is 4.31. The predicted molar refractivity (Wildman–Crippen MR) is 90.5 cm³/mol. The number of hydrogen-bond donors (Lipinski definition) is 3. The highest BCUT2D eigenvalue weighted by molar-refractivity contribution is 5.67. The van der Waals surface area contributed by atoms with Gasteiger partial charge >= 0.3 is 6.09 Å². The molecule has 0 saturated heterocycles. The lowest BCUT2D eigenvalue weighted by molar-refractivity contribution is 0.139. The molecule has 0 spiro atoms. The van der Waals surface area contributed by atoms with E-state index in [2.05, 4.69) is 5.32 Å². The Labute approximate surface area is 136 Å². The van der Waals surface area contributed by atoms with Crippen LogP contribution < -0.4 is 21.9 Å². The van der Waals surface area contributed by atoms with Crippen LogP contribution >= 0.6 is 0 Å². The van der Waals surface area contributed by atoms with E-state index >= 15 is 0 Å². The van der Waals surface area contributed by atoms with E-state index in [0.29, 0.717) is 19.6 Å². The first kappa shape index (κ1) is 16.8. The summed E-state index contributed by atoms with van der Waals surface area (Å²) in [5.41, 5.74) is 8.26. The lowest BCUT2D eigenvalue weighted by atomic mass is 10.2. The zero-order valence-corrected chi connectivity index (χ0v) is 12.9. The van der Waals surface area contributed by atoms with Gasteiger partial charge in [0.25, 0.3) is 0 Å². The van der Waals surface area contributed by atoms with Gasteiger partial charge in [0.05, 0.1) is 5.69 Å². The first-order valence-corrected chi connectivity index (χ1v) is 7.45. The summed E-state index contributed by atoms with van der Waals surface area (Å²) in [6, 6.07) is 17.1. The van der Waals surface area contributed by atoms with Crippen LogP contribution in [-0.4, -0.2) is 19.2 Å². The Morgan fingerprint density at radius 1 is 1.04 bits per heavy atom. The van der Waals surface area contributed by atoms with E-state index in [1.54, 1.807) is 5.01 Å². The average molecular weight is 314 g/mol. The highest BCUT2D eigenvalue weighted by atomic mass is 16.5. The fourth-order valence-corrected chi connectivity index (χ4v) is 2.02. The summed E-state index contributed by atoms with van der Waals surface area (Å²) in [6.07, 6.45) is -0.443. The largest absolute Gasteiger partial charge is 0.445 e. The average Bonchev–Trinajstić information content (AvgIpc) is 2.59. The van der Waals surface area contributed by atoms with Crippen LogP contribution in [-0.2, 0) is 17.9 Å². The van der Waals surface area contributed by atoms with Gasteiger partial charge < -0.3 is 20.8 Å². The highest BCUT2D eigenvalue weighted by Gasteiger charge is 2.04. The van der Waals surface area contributed by atoms with E-state index in [1.807, 2.05) is 54.6 Å². The summed E-state index contributed by atoms with van der Waals surface area (Å²) >= 11 is 0. The lowest BCUT2D eigenvalue weighted by Gasteiger charge is -2.17. The molecule has 5 N–H and O–H groups in total. The number of nitrogens with zero attached hydrogens (tertiary/aromatic N) is 1. The van der Waals surface area contributed by atoms with Gasteiger partial charge in [0.15, 0.2) is 0 Å². The molecule has 6 heteroatoms. The van der Waals surface area contributed by atoms with Crippen molar-refractivity contribution in [2.45, 2.75) is 13.2 Å². The number of nitrogens with two attached hydrogens (primary N) is 2. The molecule has 23 heavy (non-hydrogen) atoms. The molecule has 0 aliphatic heterocycles. The smallest absolute Gasteiger partial charge is 0.407 e. The Morgan fingerprint density at radius 3 is 2.39 bits per heavy atom. The third kappa shape index (κ3) is 5.61. The van der Waals surface area contributed by atoms with E-state index < -0.39 is 6.09 Å². The number of alkyl carbamates (subject to hydrolysis) is 1. The summed E-state index contributed by atoms with van der Waals surface area (Å²) in [5.74, 6) is 5.84. The van der Waals surface area contributed by atoms with Crippen molar-refractivity contribution < 1.29 is 9.53 Å². The first-order valence-electron chi connectivity index (χ1n) is 7.45. The molecule has 0 atom stereocenters. The van der Waals surface area contributed by atoms with Crippen LogP contribution in [0.2, 0.25) is 0 Å². The highest BCUT2D eigenvalue weighted by Crippen LogP contribution is 2.12. The topological polar surface area (TPSA) is 93.6 Å². The van der Waals surface area contributed by atoms with Crippen LogP contribution in [0.3, 0.4) is 0 Å².